The van der Waals surface area contributed by atoms with E-state index in [1.165, 1.54) is 23.8 Å². The van der Waals surface area contributed by atoms with Crippen LogP contribution in [0.5, 0.6) is 0 Å². The summed E-state index contributed by atoms with van der Waals surface area (Å²) in [7, 11) is 1.51. The number of halogens is 2. The van der Waals surface area contributed by atoms with Gasteiger partial charge in [-0.25, -0.2) is 9.18 Å². The minimum Gasteiger partial charge on any atom is -0.383 e. The Morgan fingerprint density at radius 2 is 1.90 bits per heavy atom. The molecule has 0 aliphatic rings. The van der Waals surface area contributed by atoms with Crippen LogP contribution in [0.3, 0.4) is 0 Å². The van der Waals surface area contributed by atoms with E-state index in [-0.39, 0.29) is 48.3 Å². The Balaban J connectivity index is 2.07. The van der Waals surface area contributed by atoms with Crippen LogP contribution in [0.2, 0.25) is 5.02 Å². The topological polar surface area (TPSA) is 93.3 Å². The second-order valence-corrected chi connectivity index (χ2v) is 7.09. The lowest BCUT2D eigenvalue weighted by Gasteiger charge is -2.26. The first-order chi connectivity index (χ1) is 14.4. The number of aromatic amines is 1. The van der Waals surface area contributed by atoms with Gasteiger partial charge in [-0.3, -0.25) is 14.3 Å². The second-order valence-electron chi connectivity index (χ2n) is 6.68. The van der Waals surface area contributed by atoms with Gasteiger partial charge in [0.1, 0.15) is 17.3 Å². The van der Waals surface area contributed by atoms with Gasteiger partial charge in [0.25, 0.3) is 5.56 Å². The average molecular weight is 433 g/mol. The molecule has 0 unspecified atom stereocenters. The normalized spacial score (nSPS) is 10.9. The highest BCUT2D eigenvalue weighted by Gasteiger charge is 2.21. The minimum absolute atomic E-state index is 0.0174. The fraction of sp³-hybridized carbons (Fsp3) is 0.238. The largest absolute Gasteiger partial charge is 0.383 e. The summed E-state index contributed by atoms with van der Waals surface area (Å²) in [5, 5.41) is 0.227. The third-order valence-electron chi connectivity index (χ3n) is 4.69. The number of nitrogens with one attached hydrogen (secondary N) is 1. The number of benzene rings is 2. The predicted octanol–water partition coefficient (Wildman–Crippen LogP) is 2.61. The monoisotopic (exact) mass is 432 g/mol. The van der Waals surface area contributed by atoms with E-state index in [4.69, 9.17) is 22.1 Å². The molecule has 158 valence electrons. The third-order valence-corrected chi connectivity index (χ3v) is 5.04. The Morgan fingerprint density at radius 1 is 1.17 bits per heavy atom. The number of nitrogen functional groups attached to an aromatic ring is 1. The van der Waals surface area contributed by atoms with Crippen molar-refractivity contribution in [2.75, 3.05) is 30.9 Å². The highest BCUT2D eigenvalue weighted by Crippen LogP contribution is 2.25. The number of anilines is 2. The molecule has 9 heteroatoms. The van der Waals surface area contributed by atoms with Crippen LogP contribution in [-0.2, 0) is 17.8 Å². The van der Waals surface area contributed by atoms with E-state index >= 15 is 0 Å². The number of methoxy groups -OCH3 is 1. The molecule has 0 aliphatic heterocycles. The molecular formula is C21H22ClFN4O3. The van der Waals surface area contributed by atoms with Gasteiger partial charge >= 0.3 is 5.69 Å². The molecule has 3 aromatic rings. The van der Waals surface area contributed by atoms with Crippen molar-refractivity contribution in [1.82, 2.24) is 9.55 Å². The molecule has 0 saturated heterocycles. The Morgan fingerprint density at radius 3 is 2.57 bits per heavy atom. The molecule has 0 radical (unpaired) electrons. The lowest BCUT2D eigenvalue weighted by molar-refractivity contribution is 0.205. The van der Waals surface area contributed by atoms with E-state index in [0.717, 1.165) is 5.56 Å². The van der Waals surface area contributed by atoms with Crippen LogP contribution >= 0.6 is 11.6 Å². The summed E-state index contributed by atoms with van der Waals surface area (Å²) in [6.07, 6.45) is 0. The molecule has 30 heavy (non-hydrogen) atoms. The molecule has 0 saturated carbocycles. The maximum atomic E-state index is 14.4. The van der Waals surface area contributed by atoms with E-state index in [1.807, 2.05) is 30.3 Å². The van der Waals surface area contributed by atoms with Crippen LogP contribution in [0, 0.1) is 5.82 Å². The average Bonchev–Trinajstić information content (AvgIpc) is 2.72. The molecule has 0 bridgehead atoms. The van der Waals surface area contributed by atoms with E-state index < -0.39 is 17.1 Å². The summed E-state index contributed by atoms with van der Waals surface area (Å²) in [5.74, 6) is -0.520. The van der Waals surface area contributed by atoms with Gasteiger partial charge < -0.3 is 15.4 Å². The van der Waals surface area contributed by atoms with Crippen LogP contribution < -0.4 is 21.9 Å². The first-order valence-electron chi connectivity index (χ1n) is 9.25. The molecule has 1 heterocycles. The predicted molar refractivity (Wildman–Crippen MR) is 116 cm³/mol. The van der Waals surface area contributed by atoms with Crippen molar-refractivity contribution in [3.05, 3.63) is 91.3 Å². The Kier molecular flexibility index (Phi) is 6.91. The van der Waals surface area contributed by atoms with Gasteiger partial charge in [-0.05, 0) is 17.7 Å². The van der Waals surface area contributed by atoms with Crippen LogP contribution in [0.15, 0.2) is 58.1 Å². The molecule has 0 aliphatic carbocycles. The van der Waals surface area contributed by atoms with Crippen molar-refractivity contribution in [3.8, 4) is 0 Å². The number of nitrogens with zero attached hydrogens (tertiary/aromatic N) is 2. The highest BCUT2D eigenvalue weighted by atomic mass is 35.5. The molecule has 1 aromatic heterocycles. The van der Waals surface area contributed by atoms with E-state index in [0.29, 0.717) is 0 Å². The van der Waals surface area contributed by atoms with E-state index in [2.05, 4.69) is 4.98 Å². The van der Waals surface area contributed by atoms with Gasteiger partial charge in [-0.1, -0.05) is 48.0 Å². The first-order valence-corrected chi connectivity index (χ1v) is 9.63. The van der Waals surface area contributed by atoms with Crippen molar-refractivity contribution in [2.24, 2.45) is 0 Å². The summed E-state index contributed by atoms with van der Waals surface area (Å²) in [6.45, 7) is 0.639. The molecule has 3 N–H and O–H groups in total. The first kappa shape index (κ1) is 21.6. The number of hydrogen-bond donors (Lipinski definition) is 2. The van der Waals surface area contributed by atoms with Crippen molar-refractivity contribution in [2.45, 2.75) is 13.1 Å². The van der Waals surface area contributed by atoms with Crippen LogP contribution in [-0.4, -0.2) is 29.8 Å². The summed E-state index contributed by atoms with van der Waals surface area (Å²) in [6, 6.07) is 13.6. The fourth-order valence-corrected chi connectivity index (χ4v) is 3.37. The third kappa shape index (κ3) is 4.72. The molecule has 3 rings (SSSR count). The van der Waals surface area contributed by atoms with E-state index in [9.17, 15) is 14.0 Å². The second kappa shape index (κ2) is 9.60. The Hall–Kier alpha value is -3.10. The van der Waals surface area contributed by atoms with Gasteiger partial charge in [-0.2, -0.15) is 0 Å². The summed E-state index contributed by atoms with van der Waals surface area (Å²) in [5.41, 5.74) is 6.10. The standard InChI is InChI=1S/C21H22ClFN4O3/c1-30-11-10-26(13-15-16(22)8-5-9-17(15)23)18-19(24)27(21(29)25-20(18)28)12-14-6-3-2-4-7-14/h2-9H,10-13,24H2,1H3,(H,25,28,29). The number of rotatable bonds is 8. The van der Waals surface area contributed by atoms with Gasteiger partial charge in [0.2, 0.25) is 0 Å². The number of ether oxygens (including phenoxy) is 1. The summed E-state index contributed by atoms with van der Waals surface area (Å²) >= 11 is 6.17. The summed E-state index contributed by atoms with van der Waals surface area (Å²) in [4.78, 5) is 29.0. The quantitative estimate of drug-likeness (QED) is 0.570. The SMILES string of the molecule is COCCN(Cc1c(F)cccc1Cl)c1c(N)n(Cc2ccccc2)c(=O)[nH]c1=O. The number of aromatic nitrogens is 2. The lowest BCUT2D eigenvalue weighted by Crippen LogP contribution is -2.39. The molecule has 0 amide bonds. The fourth-order valence-electron chi connectivity index (χ4n) is 3.15. The molecule has 7 nitrogen and oxygen atoms in total. The van der Waals surface area contributed by atoms with Crippen LogP contribution in [0.4, 0.5) is 15.9 Å². The van der Waals surface area contributed by atoms with Crippen molar-refractivity contribution in [1.29, 1.82) is 0 Å². The summed E-state index contributed by atoms with van der Waals surface area (Å²) < 4.78 is 20.8. The maximum absolute atomic E-state index is 14.4. The highest BCUT2D eigenvalue weighted by molar-refractivity contribution is 6.31. The van der Waals surface area contributed by atoms with Crippen LogP contribution in [0.25, 0.3) is 0 Å². The van der Waals surface area contributed by atoms with Crippen molar-refractivity contribution < 1.29 is 9.13 Å². The maximum Gasteiger partial charge on any atom is 0.330 e. The van der Waals surface area contributed by atoms with Crippen LogP contribution in [0.1, 0.15) is 11.1 Å². The molecule has 0 spiro atoms. The molecule has 2 aromatic carbocycles. The Labute approximate surface area is 177 Å². The van der Waals surface area contributed by atoms with Gasteiger partial charge in [0, 0.05) is 30.8 Å². The zero-order valence-electron chi connectivity index (χ0n) is 16.4. The number of H-pyrrole nitrogens is 1. The zero-order chi connectivity index (χ0) is 21.7. The van der Waals surface area contributed by atoms with Gasteiger partial charge in [0.15, 0.2) is 0 Å². The van der Waals surface area contributed by atoms with Crippen molar-refractivity contribution in [3.63, 3.8) is 0 Å². The van der Waals surface area contributed by atoms with Gasteiger partial charge in [0.05, 0.1) is 13.2 Å². The molecular weight excluding hydrogens is 411 g/mol. The molecule has 0 fully saturated rings. The number of nitrogens with two attached hydrogens (primary N) is 1. The Bertz CT molecular complexity index is 1110. The van der Waals surface area contributed by atoms with Gasteiger partial charge in [-0.15, -0.1) is 0 Å². The van der Waals surface area contributed by atoms with E-state index in [1.54, 1.807) is 11.0 Å². The lowest BCUT2D eigenvalue weighted by atomic mass is 10.2. The zero-order valence-corrected chi connectivity index (χ0v) is 17.2. The number of hydrogen-bond acceptors (Lipinski definition) is 5. The molecule has 0 atom stereocenters. The minimum atomic E-state index is -0.662. The van der Waals surface area contributed by atoms with Crippen molar-refractivity contribution >= 4 is 23.1 Å². The smallest absolute Gasteiger partial charge is 0.330 e.